The van der Waals surface area contributed by atoms with E-state index in [4.69, 9.17) is 5.73 Å². The van der Waals surface area contributed by atoms with E-state index in [1.807, 2.05) is 0 Å². The van der Waals surface area contributed by atoms with Gasteiger partial charge < -0.3 is 10.5 Å². The lowest BCUT2D eigenvalue weighted by molar-refractivity contribution is -0.138. The van der Waals surface area contributed by atoms with E-state index in [-0.39, 0.29) is 10.2 Å². The van der Waals surface area contributed by atoms with Crippen molar-refractivity contribution in [1.29, 1.82) is 0 Å². The summed E-state index contributed by atoms with van der Waals surface area (Å²) in [6.45, 7) is -3.23. The third kappa shape index (κ3) is 2.97. The molecule has 8 heteroatoms. The maximum atomic E-state index is 12.4. The van der Waals surface area contributed by atoms with Crippen LogP contribution in [0.5, 0.6) is 5.75 Å². The van der Waals surface area contributed by atoms with E-state index in [2.05, 4.69) is 20.7 Å². The second-order valence-electron chi connectivity index (χ2n) is 2.75. The second kappa shape index (κ2) is 4.44. The highest BCUT2D eigenvalue weighted by atomic mass is 79.9. The molecule has 0 saturated heterocycles. The molecule has 1 aromatic rings. The van der Waals surface area contributed by atoms with E-state index in [1.165, 1.54) is 0 Å². The summed E-state index contributed by atoms with van der Waals surface area (Å²) in [5.41, 5.74) is 3.79. The van der Waals surface area contributed by atoms with Gasteiger partial charge in [-0.1, -0.05) is 15.9 Å². The lowest BCUT2D eigenvalue weighted by Crippen LogP contribution is -2.10. The van der Waals surface area contributed by atoms with Gasteiger partial charge in [-0.05, 0) is 12.1 Å². The predicted octanol–water partition coefficient (Wildman–Crippen LogP) is 3.65. The Hall–Kier alpha value is -1.05. The topological polar surface area (TPSA) is 35.2 Å². The molecule has 16 heavy (non-hydrogen) atoms. The van der Waals surface area contributed by atoms with E-state index < -0.39 is 24.1 Å². The molecule has 0 aliphatic rings. The number of anilines is 1. The highest BCUT2D eigenvalue weighted by molar-refractivity contribution is 9.10. The Labute approximate surface area is 95.3 Å². The van der Waals surface area contributed by atoms with E-state index in [9.17, 15) is 22.0 Å². The summed E-state index contributed by atoms with van der Waals surface area (Å²) in [6.07, 6.45) is -4.67. The molecule has 1 rings (SSSR count). The Bertz CT molecular complexity index is 393. The number of alkyl halides is 5. The van der Waals surface area contributed by atoms with Gasteiger partial charge in [0.1, 0.15) is 5.75 Å². The molecule has 0 saturated carbocycles. The summed E-state index contributed by atoms with van der Waals surface area (Å²) in [4.78, 5) is 0. The average Bonchev–Trinajstić information content (AvgIpc) is 2.06. The van der Waals surface area contributed by atoms with Crippen LogP contribution in [-0.2, 0) is 6.18 Å². The average molecular weight is 306 g/mol. The fraction of sp³-hybridized carbons (Fsp3) is 0.250. The molecule has 0 heterocycles. The van der Waals surface area contributed by atoms with Crippen molar-refractivity contribution in [2.45, 2.75) is 12.8 Å². The molecule has 0 radical (unpaired) electrons. The summed E-state index contributed by atoms with van der Waals surface area (Å²) < 4.78 is 64.4. The van der Waals surface area contributed by atoms with Crippen LogP contribution in [0.1, 0.15) is 5.56 Å². The quantitative estimate of drug-likeness (QED) is 0.668. The summed E-state index contributed by atoms with van der Waals surface area (Å²) in [6, 6.07) is 1.28. The first-order valence-corrected chi connectivity index (χ1v) is 4.62. The second-order valence-corrected chi connectivity index (χ2v) is 3.60. The molecule has 0 fully saturated rings. The van der Waals surface area contributed by atoms with Gasteiger partial charge in [-0.3, -0.25) is 0 Å². The fourth-order valence-corrected chi connectivity index (χ4v) is 1.57. The maximum absolute atomic E-state index is 12.4. The Balaban J connectivity index is 3.22. The van der Waals surface area contributed by atoms with Crippen molar-refractivity contribution in [2.75, 3.05) is 5.73 Å². The lowest BCUT2D eigenvalue weighted by atomic mass is 10.2. The van der Waals surface area contributed by atoms with Gasteiger partial charge in [0.2, 0.25) is 0 Å². The van der Waals surface area contributed by atoms with Gasteiger partial charge in [0.15, 0.2) is 0 Å². The fourth-order valence-electron chi connectivity index (χ4n) is 0.984. The molecule has 90 valence electrons. The molecular weight excluding hydrogens is 301 g/mol. The normalized spacial score (nSPS) is 11.9. The van der Waals surface area contributed by atoms with Crippen LogP contribution >= 0.6 is 15.9 Å². The zero-order valence-electron chi connectivity index (χ0n) is 7.49. The van der Waals surface area contributed by atoms with Crippen molar-refractivity contribution in [3.63, 3.8) is 0 Å². The van der Waals surface area contributed by atoms with Crippen LogP contribution in [0.15, 0.2) is 16.6 Å². The number of ether oxygens (including phenoxy) is 1. The number of nitrogen functional groups attached to an aromatic ring is 1. The Morgan fingerprint density at radius 1 is 1.25 bits per heavy atom. The van der Waals surface area contributed by atoms with Crippen LogP contribution in [0.25, 0.3) is 0 Å². The van der Waals surface area contributed by atoms with Gasteiger partial charge >= 0.3 is 12.8 Å². The monoisotopic (exact) mass is 305 g/mol. The highest BCUT2D eigenvalue weighted by Crippen LogP contribution is 2.39. The molecule has 0 aromatic heterocycles. The number of hydrogen-bond donors (Lipinski definition) is 1. The SMILES string of the molecule is Nc1cc(Br)c(C(F)(F)F)cc1OC(F)F. The molecule has 0 bridgehead atoms. The number of benzene rings is 1. The van der Waals surface area contributed by atoms with E-state index in [1.54, 1.807) is 0 Å². The standard InChI is InChI=1S/C8H5BrF5NO/c9-4-2-5(15)6(16-7(10)11)1-3(4)8(12,13)14/h1-2,7H,15H2. The van der Waals surface area contributed by atoms with E-state index in [0.29, 0.717) is 6.07 Å². The number of hydrogen-bond acceptors (Lipinski definition) is 2. The Morgan fingerprint density at radius 2 is 1.81 bits per heavy atom. The zero-order valence-corrected chi connectivity index (χ0v) is 9.07. The molecule has 0 aliphatic heterocycles. The molecule has 1 aromatic carbocycles. The molecule has 0 unspecified atom stereocenters. The molecule has 0 atom stereocenters. The van der Waals surface area contributed by atoms with Gasteiger partial charge in [-0.15, -0.1) is 0 Å². The summed E-state index contributed by atoms with van der Waals surface area (Å²) in [5.74, 6) is -0.703. The van der Waals surface area contributed by atoms with Gasteiger partial charge in [0.05, 0.1) is 11.3 Å². The molecule has 2 nitrogen and oxygen atoms in total. The summed E-state index contributed by atoms with van der Waals surface area (Å²) >= 11 is 2.64. The Kier molecular flexibility index (Phi) is 3.61. The van der Waals surface area contributed by atoms with Gasteiger partial charge in [0, 0.05) is 4.47 Å². The molecule has 2 N–H and O–H groups in total. The molecule has 0 aliphatic carbocycles. The van der Waals surface area contributed by atoms with Crippen LogP contribution in [0.4, 0.5) is 27.6 Å². The van der Waals surface area contributed by atoms with Gasteiger partial charge in [0.25, 0.3) is 0 Å². The summed E-state index contributed by atoms with van der Waals surface area (Å²) in [5, 5.41) is 0. The smallest absolute Gasteiger partial charge is 0.417 e. The first kappa shape index (κ1) is 13.0. The van der Waals surface area contributed by atoms with Crippen molar-refractivity contribution < 1.29 is 26.7 Å². The number of halogens is 6. The van der Waals surface area contributed by atoms with Gasteiger partial charge in [-0.25, -0.2) is 0 Å². The van der Waals surface area contributed by atoms with Gasteiger partial charge in [-0.2, -0.15) is 22.0 Å². The van der Waals surface area contributed by atoms with Crippen LogP contribution in [-0.4, -0.2) is 6.61 Å². The predicted molar refractivity (Wildman–Crippen MR) is 50.2 cm³/mol. The van der Waals surface area contributed by atoms with E-state index >= 15 is 0 Å². The summed E-state index contributed by atoms with van der Waals surface area (Å²) in [7, 11) is 0. The minimum Gasteiger partial charge on any atom is -0.433 e. The molecule has 0 spiro atoms. The van der Waals surface area contributed by atoms with Crippen LogP contribution in [0.2, 0.25) is 0 Å². The minimum absolute atomic E-state index is 0.305. The lowest BCUT2D eigenvalue weighted by Gasteiger charge is -2.13. The Morgan fingerprint density at radius 3 is 2.25 bits per heavy atom. The van der Waals surface area contributed by atoms with Crippen molar-refractivity contribution in [1.82, 2.24) is 0 Å². The molecular formula is C8H5BrF5NO. The third-order valence-electron chi connectivity index (χ3n) is 1.62. The van der Waals surface area contributed by atoms with Crippen LogP contribution < -0.4 is 10.5 Å². The van der Waals surface area contributed by atoms with E-state index in [0.717, 1.165) is 6.07 Å². The maximum Gasteiger partial charge on any atom is 0.417 e. The largest absolute Gasteiger partial charge is 0.433 e. The van der Waals surface area contributed by atoms with Crippen LogP contribution in [0, 0.1) is 0 Å². The first-order chi connectivity index (χ1) is 7.21. The van der Waals surface area contributed by atoms with Crippen molar-refractivity contribution >= 4 is 21.6 Å². The molecule has 0 amide bonds. The number of nitrogens with two attached hydrogens (primary N) is 1. The minimum atomic E-state index is -4.67. The van der Waals surface area contributed by atoms with Crippen molar-refractivity contribution in [3.05, 3.63) is 22.2 Å². The van der Waals surface area contributed by atoms with Crippen molar-refractivity contribution in [3.8, 4) is 5.75 Å². The van der Waals surface area contributed by atoms with Crippen LogP contribution in [0.3, 0.4) is 0 Å². The third-order valence-corrected chi connectivity index (χ3v) is 2.28. The zero-order chi connectivity index (χ0) is 12.5. The number of rotatable bonds is 2. The van der Waals surface area contributed by atoms with Crippen molar-refractivity contribution in [2.24, 2.45) is 0 Å². The first-order valence-electron chi connectivity index (χ1n) is 3.83. The highest BCUT2D eigenvalue weighted by Gasteiger charge is 2.34.